The number of rotatable bonds is 4. The predicted molar refractivity (Wildman–Crippen MR) is 58.2 cm³/mol. The lowest BCUT2D eigenvalue weighted by Gasteiger charge is -2.13. The molecule has 0 N–H and O–H groups in total. The van der Waals surface area contributed by atoms with Gasteiger partial charge in [-0.15, -0.1) is 0 Å². The van der Waals surface area contributed by atoms with Gasteiger partial charge < -0.3 is 9.30 Å². The first-order valence-corrected chi connectivity index (χ1v) is 4.99. The Morgan fingerprint density at radius 2 is 2.13 bits per heavy atom. The van der Waals surface area contributed by atoms with Crippen molar-refractivity contribution in [2.45, 2.75) is 19.8 Å². The minimum Gasteiger partial charge on any atom is -0.354 e. The lowest BCUT2D eigenvalue weighted by molar-refractivity contribution is 0.00400. The Labute approximate surface area is 89.3 Å². The molecule has 0 fully saturated rings. The summed E-state index contributed by atoms with van der Waals surface area (Å²) in [4.78, 5) is 3.98. The molecule has 0 saturated heterocycles. The van der Waals surface area contributed by atoms with Gasteiger partial charge in [-0.3, -0.25) is 0 Å². The Morgan fingerprint density at radius 3 is 2.80 bits per heavy atom. The highest BCUT2D eigenvalue weighted by Crippen LogP contribution is 2.10. The number of aromatic nitrogens is 2. The average molecular weight is 202 g/mol. The molecule has 15 heavy (non-hydrogen) atoms. The smallest absolute Gasteiger partial charge is 0.132 e. The van der Waals surface area contributed by atoms with Gasteiger partial charge in [0.05, 0.1) is 12.9 Å². The average Bonchev–Trinajstić information content (AvgIpc) is 2.81. The van der Waals surface area contributed by atoms with E-state index in [-0.39, 0.29) is 6.23 Å². The first-order chi connectivity index (χ1) is 7.36. The summed E-state index contributed by atoms with van der Waals surface area (Å²) >= 11 is 0. The fourth-order valence-corrected chi connectivity index (χ4v) is 1.36. The van der Waals surface area contributed by atoms with E-state index in [2.05, 4.69) is 17.1 Å². The summed E-state index contributed by atoms with van der Waals surface area (Å²) in [6, 6.07) is 10.1. The molecule has 0 aliphatic carbocycles. The van der Waals surface area contributed by atoms with Gasteiger partial charge in [0.25, 0.3) is 0 Å². The molecule has 0 aliphatic rings. The quantitative estimate of drug-likeness (QED) is 0.762. The molecule has 1 unspecified atom stereocenters. The van der Waals surface area contributed by atoms with Gasteiger partial charge in [0.2, 0.25) is 0 Å². The molecule has 2 aromatic rings. The minimum atomic E-state index is 0.0210. The second-order valence-corrected chi connectivity index (χ2v) is 3.41. The third-order valence-corrected chi connectivity index (χ3v) is 2.28. The van der Waals surface area contributed by atoms with Crippen molar-refractivity contribution >= 4 is 0 Å². The van der Waals surface area contributed by atoms with Crippen LogP contribution in [-0.2, 0) is 11.3 Å². The molecule has 0 saturated carbocycles. The van der Waals surface area contributed by atoms with Crippen LogP contribution in [0.3, 0.4) is 0 Å². The first-order valence-electron chi connectivity index (χ1n) is 4.99. The van der Waals surface area contributed by atoms with Crippen LogP contribution in [0.25, 0.3) is 0 Å². The van der Waals surface area contributed by atoms with Crippen molar-refractivity contribution in [1.82, 2.24) is 9.55 Å². The zero-order chi connectivity index (χ0) is 10.5. The molecule has 3 heteroatoms. The zero-order valence-electron chi connectivity index (χ0n) is 8.71. The van der Waals surface area contributed by atoms with Crippen LogP contribution in [0.2, 0.25) is 0 Å². The predicted octanol–water partition coefficient (Wildman–Crippen LogP) is 2.62. The molecule has 0 amide bonds. The lowest BCUT2D eigenvalue weighted by atomic mass is 10.2. The Kier molecular flexibility index (Phi) is 3.15. The second kappa shape index (κ2) is 4.75. The Balaban J connectivity index is 1.89. The first kappa shape index (κ1) is 9.93. The standard InChI is InChI=1S/C12H14N2O/c1-11(14-8-7-13-10-14)15-9-12-5-3-2-4-6-12/h2-8,10-11H,9H2,1H3. The monoisotopic (exact) mass is 202 g/mol. The molecule has 1 aromatic heterocycles. The van der Waals surface area contributed by atoms with Crippen LogP contribution >= 0.6 is 0 Å². The Hall–Kier alpha value is -1.61. The van der Waals surface area contributed by atoms with Gasteiger partial charge in [-0.2, -0.15) is 0 Å². The van der Waals surface area contributed by atoms with E-state index < -0.39 is 0 Å². The second-order valence-electron chi connectivity index (χ2n) is 3.41. The summed E-state index contributed by atoms with van der Waals surface area (Å²) in [6.45, 7) is 2.63. The Morgan fingerprint density at radius 1 is 1.33 bits per heavy atom. The van der Waals surface area contributed by atoms with E-state index in [1.165, 1.54) is 5.56 Å². The van der Waals surface area contributed by atoms with E-state index in [9.17, 15) is 0 Å². The molecule has 1 aromatic carbocycles. The SMILES string of the molecule is CC(OCc1ccccc1)n1ccnc1. The van der Waals surface area contributed by atoms with Gasteiger partial charge in [-0.05, 0) is 12.5 Å². The number of imidazole rings is 1. The van der Waals surface area contributed by atoms with E-state index in [0.29, 0.717) is 6.61 Å². The van der Waals surface area contributed by atoms with E-state index in [4.69, 9.17) is 4.74 Å². The van der Waals surface area contributed by atoms with Crippen LogP contribution in [0.4, 0.5) is 0 Å². The summed E-state index contributed by atoms with van der Waals surface area (Å²) < 4.78 is 7.63. The summed E-state index contributed by atoms with van der Waals surface area (Å²) in [5.74, 6) is 0. The zero-order valence-corrected chi connectivity index (χ0v) is 8.71. The van der Waals surface area contributed by atoms with Crippen molar-refractivity contribution in [3.63, 3.8) is 0 Å². The van der Waals surface area contributed by atoms with Crippen molar-refractivity contribution < 1.29 is 4.74 Å². The van der Waals surface area contributed by atoms with Gasteiger partial charge in [-0.1, -0.05) is 30.3 Å². The molecule has 2 rings (SSSR count). The van der Waals surface area contributed by atoms with E-state index in [0.717, 1.165) is 0 Å². The molecule has 0 spiro atoms. The normalized spacial score (nSPS) is 12.6. The third-order valence-electron chi connectivity index (χ3n) is 2.28. The number of hydrogen-bond acceptors (Lipinski definition) is 2. The van der Waals surface area contributed by atoms with Crippen molar-refractivity contribution in [1.29, 1.82) is 0 Å². The maximum Gasteiger partial charge on any atom is 0.132 e. The largest absolute Gasteiger partial charge is 0.354 e. The summed E-state index contributed by atoms with van der Waals surface area (Å²) in [5.41, 5.74) is 1.18. The molecule has 3 nitrogen and oxygen atoms in total. The van der Waals surface area contributed by atoms with Crippen LogP contribution in [0.5, 0.6) is 0 Å². The summed E-state index contributed by atoms with van der Waals surface area (Å²) in [5, 5.41) is 0. The lowest BCUT2D eigenvalue weighted by Crippen LogP contribution is -2.07. The molecule has 78 valence electrons. The van der Waals surface area contributed by atoms with Crippen molar-refractivity contribution in [2.24, 2.45) is 0 Å². The third kappa shape index (κ3) is 2.67. The van der Waals surface area contributed by atoms with Gasteiger partial charge in [0.1, 0.15) is 6.23 Å². The van der Waals surface area contributed by atoms with E-state index >= 15 is 0 Å². The van der Waals surface area contributed by atoms with Crippen molar-refractivity contribution in [3.8, 4) is 0 Å². The molecule has 1 atom stereocenters. The van der Waals surface area contributed by atoms with E-state index in [1.54, 1.807) is 12.5 Å². The highest BCUT2D eigenvalue weighted by atomic mass is 16.5. The number of ether oxygens (including phenoxy) is 1. The van der Waals surface area contributed by atoms with Crippen LogP contribution < -0.4 is 0 Å². The van der Waals surface area contributed by atoms with Gasteiger partial charge >= 0.3 is 0 Å². The van der Waals surface area contributed by atoms with Gasteiger partial charge in [0.15, 0.2) is 0 Å². The highest BCUT2D eigenvalue weighted by Gasteiger charge is 2.02. The number of hydrogen-bond donors (Lipinski definition) is 0. The van der Waals surface area contributed by atoms with Crippen molar-refractivity contribution in [2.75, 3.05) is 0 Å². The number of benzene rings is 1. The summed E-state index contributed by atoms with van der Waals surface area (Å²) in [7, 11) is 0. The number of nitrogens with zero attached hydrogens (tertiary/aromatic N) is 2. The molecule has 0 aliphatic heterocycles. The van der Waals surface area contributed by atoms with Crippen LogP contribution in [0, 0.1) is 0 Å². The Bertz CT molecular complexity index is 383. The molecule has 0 radical (unpaired) electrons. The maximum absolute atomic E-state index is 5.70. The fourth-order valence-electron chi connectivity index (χ4n) is 1.36. The van der Waals surface area contributed by atoms with Gasteiger partial charge in [-0.25, -0.2) is 4.98 Å². The van der Waals surface area contributed by atoms with Crippen LogP contribution in [-0.4, -0.2) is 9.55 Å². The maximum atomic E-state index is 5.70. The molecule has 0 bridgehead atoms. The topological polar surface area (TPSA) is 27.1 Å². The molecular formula is C12H14N2O. The highest BCUT2D eigenvalue weighted by molar-refractivity contribution is 5.13. The summed E-state index contributed by atoms with van der Waals surface area (Å²) in [6.07, 6.45) is 5.43. The fraction of sp³-hybridized carbons (Fsp3) is 0.250. The van der Waals surface area contributed by atoms with E-state index in [1.807, 2.05) is 35.9 Å². The van der Waals surface area contributed by atoms with Crippen molar-refractivity contribution in [3.05, 3.63) is 54.6 Å². The van der Waals surface area contributed by atoms with Gasteiger partial charge in [0, 0.05) is 12.4 Å². The molecular weight excluding hydrogens is 188 g/mol. The molecule has 1 heterocycles. The van der Waals surface area contributed by atoms with Crippen LogP contribution in [0.1, 0.15) is 18.7 Å². The van der Waals surface area contributed by atoms with Crippen LogP contribution in [0.15, 0.2) is 49.1 Å². The minimum absolute atomic E-state index is 0.0210.